The van der Waals surface area contributed by atoms with Crippen molar-refractivity contribution < 1.29 is 9.47 Å². The topological polar surface area (TPSA) is 44.5 Å². The second-order valence-corrected chi connectivity index (χ2v) is 3.79. The fourth-order valence-electron chi connectivity index (χ4n) is 1.64. The molecule has 0 heterocycles. The largest absolute Gasteiger partial charge is 0.496 e. The zero-order valence-corrected chi connectivity index (χ0v) is 9.83. The van der Waals surface area contributed by atoms with E-state index in [1.54, 1.807) is 14.2 Å². The molecule has 3 heteroatoms. The van der Waals surface area contributed by atoms with Crippen molar-refractivity contribution in [1.82, 2.24) is 0 Å². The highest BCUT2D eigenvalue weighted by atomic mass is 16.5. The van der Waals surface area contributed by atoms with E-state index in [-0.39, 0.29) is 0 Å². The molecule has 1 atom stereocenters. The molecule has 0 amide bonds. The molecule has 0 aliphatic carbocycles. The first-order chi connectivity index (χ1) is 7.09. The van der Waals surface area contributed by atoms with E-state index in [4.69, 9.17) is 15.2 Å². The molecule has 15 heavy (non-hydrogen) atoms. The summed E-state index contributed by atoms with van der Waals surface area (Å²) in [4.78, 5) is 0. The van der Waals surface area contributed by atoms with Crippen molar-refractivity contribution in [2.75, 3.05) is 20.8 Å². The van der Waals surface area contributed by atoms with Crippen molar-refractivity contribution in [2.45, 2.75) is 19.4 Å². The lowest BCUT2D eigenvalue weighted by molar-refractivity contribution is 0.00815. The summed E-state index contributed by atoms with van der Waals surface area (Å²) in [6.07, 6.45) is 0. The Labute approximate surface area is 91.2 Å². The number of ether oxygens (including phenoxy) is 2. The van der Waals surface area contributed by atoms with Gasteiger partial charge >= 0.3 is 0 Å². The number of hydrogen-bond acceptors (Lipinski definition) is 3. The molecule has 84 valence electrons. The summed E-state index contributed by atoms with van der Waals surface area (Å²) >= 11 is 0. The van der Waals surface area contributed by atoms with Gasteiger partial charge < -0.3 is 15.2 Å². The smallest absolute Gasteiger partial charge is 0.127 e. The van der Waals surface area contributed by atoms with Crippen molar-refractivity contribution in [3.05, 3.63) is 29.3 Å². The van der Waals surface area contributed by atoms with Crippen LogP contribution in [0.5, 0.6) is 5.75 Å². The Morgan fingerprint density at radius 2 is 2.00 bits per heavy atom. The third-order valence-electron chi connectivity index (χ3n) is 2.83. The van der Waals surface area contributed by atoms with Gasteiger partial charge in [-0.1, -0.05) is 18.2 Å². The Balaban J connectivity index is 3.29. The molecule has 0 aliphatic heterocycles. The van der Waals surface area contributed by atoms with Gasteiger partial charge in [0.1, 0.15) is 11.4 Å². The number of nitrogens with two attached hydrogens (primary N) is 1. The minimum Gasteiger partial charge on any atom is -0.496 e. The first kappa shape index (κ1) is 12.0. The lowest BCUT2D eigenvalue weighted by Crippen LogP contribution is -2.34. The Kier molecular flexibility index (Phi) is 3.72. The van der Waals surface area contributed by atoms with Gasteiger partial charge in [0.2, 0.25) is 0 Å². The number of benzene rings is 1. The molecule has 0 fully saturated rings. The third kappa shape index (κ3) is 2.13. The van der Waals surface area contributed by atoms with Crippen molar-refractivity contribution >= 4 is 0 Å². The molecule has 0 saturated heterocycles. The number of para-hydroxylation sites is 1. The molecule has 0 aliphatic rings. The molecule has 2 N–H and O–H groups in total. The summed E-state index contributed by atoms with van der Waals surface area (Å²) in [5.74, 6) is 0.854. The summed E-state index contributed by atoms with van der Waals surface area (Å²) < 4.78 is 10.9. The highest BCUT2D eigenvalue weighted by molar-refractivity contribution is 5.44. The van der Waals surface area contributed by atoms with Crippen molar-refractivity contribution in [3.63, 3.8) is 0 Å². The van der Waals surface area contributed by atoms with Crippen molar-refractivity contribution in [1.29, 1.82) is 0 Å². The quantitative estimate of drug-likeness (QED) is 0.822. The maximum atomic E-state index is 5.74. The molecule has 0 bridgehead atoms. The fraction of sp³-hybridized carbons (Fsp3) is 0.500. The summed E-state index contributed by atoms with van der Waals surface area (Å²) in [6.45, 7) is 4.39. The van der Waals surface area contributed by atoms with Crippen molar-refractivity contribution in [3.8, 4) is 5.75 Å². The van der Waals surface area contributed by atoms with Gasteiger partial charge in [-0.05, 0) is 19.4 Å². The van der Waals surface area contributed by atoms with Crippen LogP contribution in [0.2, 0.25) is 0 Å². The van der Waals surface area contributed by atoms with Crippen LogP contribution < -0.4 is 10.5 Å². The second kappa shape index (κ2) is 4.64. The van der Waals surface area contributed by atoms with Gasteiger partial charge in [0.15, 0.2) is 0 Å². The van der Waals surface area contributed by atoms with E-state index >= 15 is 0 Å². The SMILES string of the molecule is COc1c(C)cccc1C(C)(CN)OC. The van der Waals surface area contributed by atoms with E-state index in [1.165, 1.54) is 0 Å². The van der Waals surface area contributed by atoms with Crippen LogP contribution in [0.15, 0.2) is 18.2 Å². The molecule has 0 spiro atoms. The van der Waals surface area contributed by atoms with Crippen LogP contribution in [0.4, 0.5) is 0 Å². The molecular weight excluding hydrogens is 190 g/mol. The third-order valence-corrected chi connectivity index (χ3v) is 2.83. The number of aryl methyl sites for hydroxylation is 1. The average Bonchev–Trinajstić information content (AvgIpc) is 2.27. The van der Waals surface area contributed by atoms with Gasteiger partial charge in [0, 0.05) is 19.2 Å². The van der Waals surface area contributed by atoms with E-state index in [0.29, 0.717) is 6.54 Å². The zero-order valence-electron chi connectivity index (χ0n) is 9.83. The standard InChI is InChI=1S/C12H19NO2/c1-9-6-5-7-10(11(9)14-3)12(2,8-13)15-4/h5-7H,8,13H2,1-4H3. The predicted octanol–water partition coefficient (Wildman–Crippen LogP) is 1.82. The first-order valence-corrected chi connectivity index (χ1v) is 4.98. The maximum absolute atomic E-state index is 5.74. The average molecular weight is 209 g/mol. The van der Waals surface area contributed by atoms with Crippen LogP contribution in [0.25, 0.3) is 0 Å². The Morgan fingerprint density at radius 1 is 1.33 bits per heavy atom. The number of methoxy groups -OCH3 is 2. The molecular formula is C12H19NO2. The molecule has 0 saturated carbocycles. The Bertz CT molecular complexity index is 332. The molecule has 1 unspecified atom stereocenters. The molecule has 0 radical (unpaired) electrons. The highest BCUT2D eigenvalue weighted by Crippen LogP contribution is 2.33. The molecule has 0 aromatic heterocycles. The summed E-state index contributed by atoms with van der Waals surface area (Å²) in [7, 11) is 3.33. The van der Waals surface area contributed by atoms with E-state index in [1.807, 2.05) is 32.0 Å². The maximum Gasteiger partial charge on any atom is 0.127 e. The molecule has 1 aromatic carbocycles. The van der Waals surface area contributed by atoms with E-state index in [2.05, 4.69) is 0 Å². The lowest BCUT2D eigenvalue weighted by atomic mass is 9.93. The lowest BCUT2D eigenvalue weighted by Gasteiger charge is -2.29. The fourth-order valence-corrected chi connectivity index (χ4v) is 1.64. The molecule has 1 rings (SSSR count). The normalized spacial score (nSPS) is 14.7. The minimum absolute atomic E-state index is 0.420. The van der Waals surface area contributed by atoms with E-state index < -0.39 is 5.60 Å². The minimum atomic E-state index is -0.489. The summed E-state index contributed by atoms with van der Waals surface area (Å²) in [6, 6.07) is 5.98. The zero-order chi connectivity index (χ0) is 11.5. The van der Waals surface area contributed by atoms with Crippen LogP contribution >= 0.6 is 0 Å². The van der Waals surface area contributed by atoms with Crippen molar-refractivity contribution in [2.24, 2.45) is 5.73 Å². The molecule has 1 aromatic rings. The number of hydrogen-bond donors (Lipinski definition) is 1. The Morgan fingerprint density at radius 3 is 2.47 bits per heavy atom. The number of rotatable bonds is 4. The monoisotopic (exact) mass is 209 g/mol. The summed E-state index contributed by atoms with van der Waals surface area (Å²) in [5.41, 5.74) is 7.34. The van der Waals surface area contributed by atoms with E-state index in [0.717, 1.165) is 16.9 Å². The second-order valence-electron chi connectivity index (χ2n) is 3.79. The van der Waals surface area contributed by atoms with Gasteiger partial charge in [-0.2, -0.15) is 0 Å². The Hall–Kier alpha value is -1.06. The summed E-state index contributed by atoms with van der Waals surface area (Å²) in [5, 5.41) is 0. The van der Waals surface area contributed by atoms with Gasteiger partial charge in [0.25, 0.3) is 0 Å². The van der Waals surface area contributed by atoms with Gasteiger partial charge in [-0.15, -0.1) is 0 Å². The van der Waals surface area contributed by atoms with Crippen LogP contribution in [0, 0.1) is 6.92 Å². The van der Waals surface area contributed by atoms with Gasteiger partial charge in [-0.3, -0.25) is 0 Å². The van der Waals surface area contributed by atoms with Gasteiger partial charge in [-0.25, -0.2) is 0 Å². The van der Waals surface area contributed by atoms with Crippen LogP contribution in [-0.2, 0) is 10.3 Å². The van der Waals surface area contributed by atoms with Crippen LogP contribution in [0.3, 0.4) is 0 Å². The van der Waals surface area contributed by atoms with Gasteiger partial charge in [0.05, 0.1) is 7.11 Å². The van der Waals surface area contributed by atoms with Crippen LogP contribution in [-0.4, -0.2) is 20.8 Å². The first-order valence-electron chi connectivity index (χ1n) is 4.98. The molecule has 3 nitrogen and oxygen atoms in total. The van der Waals surface area contributed by atoms with E-state index in [9.17, 15) is 0 Å². The predicted molar refractivity (Wildman–Crippen MR) is 61.1 cm³/mol. The van der Waals surface area contributed by atoms with Crippen LogP contribution in [0.1, 0.15) is 18.1 Å². The highest BCUT2D eigenvalue weighted by Gasteiger charge is 2.28.